The fourth-order valence-electron chi connectivity index (χ4n) is 2.37. The van der Waals surface area contributed by atoms with Gasteiger partial charge in [0.15, 0.2) is 0 Å². The van der Waals surface area contributed by atoms with Gasteiger partial charge in [0.05, 0.1) is 10.9 Å². The van der Waals surface area contributed by atoms with Gasteiger partial charge in [-0.2, -0.15) is 0 Å². The molecule has 1 aromatic rings. The minimum absolute atomic E-state index is 0.241. The lowest BCUT2D eigenvalue weighted by Gasteiger charge is -2.19. The lowest BCUT2D eigenvalue weighted by molar-refractivity contribution is -0.136. The molecular weight excluding hydrogens is 338 g/mol. The summed E-state index contributed by atoms with van der Waals surface area (Å²) in [6.45, 7) is 4.12. The Morgan fingerprint density at radius 1 is 1.43 bits per heavy atom. The molecule has 0 radical (unpaired) electrons. The molecule has 126 valence electrons. The van der Waals surface area contributed by atoms with Gasteiger partial charge in [0.2, 0.25) is 5.91 Å². The summed E-state index contributed by atoms with van der Waals surface area (Å²) in [7, 11) is 1.64. The molecule has 0 spiro atoms. The highest BCUT2D eigenvalue weighted by Gasteiger charge is 2.39. The molecule has 1 fully saturated rings. The van der Waals surface area contributed by atoms with Gasteiger partial charge in [-0.25, -0.2) is 4.79 Å². The summed E-state index contributed by atoms with van der Waals surface area (Å²) in [6, 6.07) is 2.59. The Morgan fingerprint density at radius 3 is 2.70 bits per heavy atom. The molecule has 0 aromatic carbocycles. The minimum Gasteiger partial charge on any atom is -0.339 e. The van der Waals surface area contributed by atoms with Crippen LogP contribution in [0.2, 0.25) is 4.34 Å². The highest BCUT2D eigenvalue weighted by molar-refractivity contribution is 7.16. The van der Waals surface area contributed by atoms with E-state index >= 15 is 0 Å². The van der Waals surface area contributed by atoms with E-state index in [1.54, 1.807) is 13.1 Å². The molecule has 0 aliphatic carbocycles. The third kappa shape index (κ3) is 4.45. The van der Waals surface area contributed by atoms with Gasteiger partial charge in [-0.1, -0.05) is 25.4 Å². The Labute approximate surface area is 144 Å². The van der Waals surface area contributed by atoms with Crippen molar-refractivity contribution in [2.75, 3.05) is 13.6 Å². The van der Waals surface area contributed by atoms with Crippen LogP contribution in [0.1, 0.15) is 25.1 Å². The second-order valence-electron chi connectivity index (χ2n) is 6.01. The van der Waals surface area contributed by atoms with Gasteiger partial charge in [0, 0.05) is 11.9 Å². The molecule has 23 heavy (non-hydrogen) atoms. The molecule has 2 heterocycles. The van der Waals surface area contributed by atoms with Crippen molar-refractivity contribution < 1.29 is 14.4 Å². The van der Waals surface area contributed by atoms with E-state index < -0.39 is 12.1 Å². The Bertz CT molecular complexity index is 617. The van der Waals surface area contributed by atoms with Gasteiger partial charge < -0.3 is 10.2 Å². The number of nitrogens with one attached hydrogen (secondary N) is 1. The molecule has 1 aliphatic rings. The topological polar surface area (TPSA) is 69.7 Å². The van der Waals surface area contributed by atoms with Crippen LogP contribution in [-0.4, -0.2) is 47.3 Å². The van der Waals surface area contributed by atoms with E-state index in [1.807, 2.05) is 19.9 Å². The summed E-state index contributed by atoms with van der Waals surface area (Å²) >= 11 is 7.26. The van der Waals surface area contributed by atoms with E-state index in [1.165, 1.54) is 16.2 Å². The monoisotopic (exact) mass is 357 g/mol. The van der Waals surface area contributed by atoms with Crippen LogP contribution >= 0.6 is 22.9 Å². The maximum absolute atomic E-state index is 12.3. The third-order valence-electron chi connectivity index (χ3n) is 3.56. The summed E-state index contributed by atoms with van der Waals surface area (Å²) < 4.78 is 0.659. The van der Waals surface area contributed by atoms with Gasteiger partial charge in [-0.3, -0.25) is 14.5 Å². The molecule has 1 aliphatic heterocycles. The molecule has 0 saturated carbocycles. The van der Waals surface area contributed by atoms with E-state index in [9.17, 15) is 14.4 Å². The van der Waals surface area contributed by atoms with Gasteiger partial charge in [0.25, 0.3) is 5.91 Å². The average Bonchev–Trinajstić information content (AvgIpc) is 2.97. The lowest BCUT2D eigenvalue weighted by Crippen LogP contribution is -2.41. The molecule has 8 heteroatoms. The summed E-state index contributed by atoms with van der Waals surface area (Å²) in [5.74, 6) is -0.334. The maximum atomic E-state index is 12.3. The molecular formula is C15H20ClN3O3S. The molecule has 1 aromatic heterocycles. The number of likely N-dealkylation sites (N-methyl/N-ethyl adjacent to an activating group) is 1. The summed E-state index contributed by atoms with van der Waals surface area (Å²) in [4.78, 5) is 39.8. The van der Waals surface area contributed by atoms with Crippen LogP contribution in [0, 0.1) is 5.92 Å². The Morgan fingerprint density at radius 2 is 2.13 bits per heavy atom. The number of carbonyl (C=O) groups excluding carboxylic acids is 3. The first-order chi connectivity index (χ1) is 10.8. The van der Waals surface area contributed by atoms with Gasteiger partial charge in [-0.05, 0) is 24.5 Å². The average molecular weight is 358 g/mol. The smallest absolute Gasteiger partial charge is 0.325 e. The zero-order valence-electron chi connectivity index (χ0n) is 13.3. The standard InChI is InChI=1S/C15H20ClN3O3S/c1-9(2)6-11-14(21)19(15(22)17-11)8-13(20)18(3)7-10-4-5-12(16)23-10/h4-5,9,11H,6-8H2,1-3H3,(H,17,22). The van der Waals surface area contributed by atoms with Crippen LogP contribution in [0.25, 0.3) is 0 Å². The van der Waals surface area contributed by atoms with E-state index in [-0.39, 0.29) is 24.3 Å². The fourth-order valence-corrected chi connectivity index (χ4v) is 3.51. The zero-order chi connectivity index (χ0) is 17.1. The van der Waals surface area contributed by atoms with E-state index in [4.69, 9.17) is 11.6 Å². The summed E-state index contributed by atoms with van der Waals surface area (Å²) in [6.07, 6.45) is 0.568. The van der Waals surface area contributed by atoms with E-state index in [0.29, 0.717) is 17.3 Å². The molecule has 1 unspecified atom stereocenters. The van der Waals surface area contributed by atoms with Gasteiger partial charge in [-0.15, -0.1) is 11.3 Å². The number of urea groups is 1. The SMILES string of the molecule is CC(C)CC1NC(=O)N(CC(=O)N(C)Cc2ccc(Cl)s2)C1=O. The zero-order valence-corrected chi connectivity index (χ0v) is 14.9. The van der Waals surface area contributed by atoms with Crippen LogP contribution in [-0.2, 0) is 16.1 Å². The van der Waals surface area contributed by atoms with Gasteiger partial charge in [0.1, 0.15) is 12.6 Å². The first kappa shape index (κ1) is 17.7. The summed E-state index contributed by atoms with van der Waals surface area (Å²) in [5.41, 5.74) is 0. The van der Waals surface area contributed by atoms with Crippen molar-refractivity contribution in [3.8, 4) is 0 Å². The van der Waals surface area contributed by atoms with Crippen LogP contribution < -0.4 is 5.32 Å². The first-order valence-electron chi connectivity index (χ1n) is 7.38. The van der Waals surface area contributed by atoms with Gasteiger partial charge >= 0.3 is 6.03 Å². The maximum Gasteiger partial charge on any atom is 0.325 e. The van der Waals surface area contributed by atoms with Crippen molar-refractivity contribution in [2.24, 2.45) is 5.92 Å². The Hall–Kier alpha value is -1.60. The molecule has 1 saturated heterocycles. The molecule has 0 bridgehead atoms. The first-order valence-corrected chi connectivity index (χ1v) is 8.57. The molecule has 6 nitrogen and oxygen atoms in total. The number of hydrogen-bond donors (Lipinski definition) is 1. The van der Waals surface area contributed by atoms with Crippen molar-refractivity contribution >= 4 is 40.8 Å². The molecule has 1 atom stereocenters. The number of imide groups is 1. The number of amides is 4. The Kier molecular flexibility index (Phi) is 5.64. The second kappa shape index (κ2) is 7.31. The van der Waals surface area contributed by atoms with Crippen molar-refractivity contribution in [2.45, 2.75) is 32.9 Å². The largest absolute Gasteiger partial charge is 0.339 e. The van der Waals surface area contributed by atoms with Crippen molar-refractivity contribution in [3.05, 3.63) is 21.3 Å². The highest BCUT2D eigenvalue weighted by atomic mass is 35.5. The van der Waals surface area contributed by atoms with E-state index in [0.717, 1.165) is 9.78 Å². The molecule has 1 N–H and O–H groups in total. The predicted molar refractivity (Wildman–Crippen MR) is 89.3 cm³/mol. The number of hydrogen-bond acceptors (Lipinski definition) is 4. The third-order valence-corrected chi connectivity index (χ3v) is 4.77. The normalized spacial score (nSPS) is 17.8. The quantitative estimate of drug-likeness (QED) is 0.794. The Balaban J connectivity index is 1.93. The van der Waals surface area contributed by atoms with E-state index in [2.05, 4.69) is 5.32 Å². The lowest BCUT2D eigenvalue weighted by atomic mass is 10.0. The van der Waals surface area contributed by atoms with Crippen LogP contribution in [0.15, 0.2) is 12.1 Å². The van der Waals surface area contributed by atoms with Crippen molar-refractivity contribution in [1.29, 1.82) is 0 Å². The minimum atomic E-state index is -0.531. The van der Waals surface area contributed by atoms with Crippen LogP contribution in [0.5, 0.6) is 0 Å². The predicted octanol–water partition coefficient (Wildman–Crippen LogP) is 2.33. The number of halogens is 1. The van der Waals surface area contributed by atoms with Crippen LogP contribution in [0.3, 0.4) is 0 Å². The summed E-state index contributed by atoms with van der Waals surface area (Å²) in [5, 5.41) is 2.63. The number of thiophene rings is 1. The van der Waals surface area contributed by atoms with Crippen molar-refractivity contribution in [3.63, 3.8) is 0 Å². The molecule has 4 amide bonds. The molecule has 2 rings (SSSR count). The fraction of sp³-hybridized carbons (Fsp3) is 0.533. The second-order valence-corrected chi connectivity index (χ2v) is 7.81. The highest BCUT2D eigenvalue weighted by Crippen LogP contribution is 2.22. The van der Waals surface area contributed by atoms with Crippen LogP contribution in [0.4, 0.5) is 4.79 Å². The number of carbonyl (C=O) groups is 3. The number of rotatable bonds is 6. The van der Waals surface area contributed by atoms with Crippen molar-refractivity contribution in [1.82, 2.24) is 15.1 Å². The number of nitrogens with zero attached hydrogens (tertiary/aromatic N) is 2.